The third-order valence-corrected chi connectivity index (χ3v) is 5.65. The van der Waals surface area contributed by atoms with Crippen molar-refractivity contribution in [2.24, 2.45) is 0 Å². The summed E-state index contributed by atoms with van der Waals surface area (Å²) >= 11 is 1.42. The molecule has 2 amide bonds. The second-order valence-electron chi connectivity index (χ2n) is 6.65. The van der Waals surface area contributed by atoms with Gasteiger partial charge in [0.15, 0.2) is 0 Å². The minimum Gasteiger partial charge on any atom is -0.375 e. The van der Waals surface area contributed by atoms with Crippen LogP contribution in [0, 0.1) is 0 Å². The standard InChI is InChI=1S/C20H21N5O3S/c1-28-13-18(26)23-7-9-24(10-8-23)20(27)17-14-29-19(22-17)15-11-21-25(12-15)16-5-3-2-4-6-16/h2-6,11-12,14H,7-10,13H2,1H3. The zero-order chi connectivity index (χ0) is 20.2. The number of carbonyl (C=O) groups is 2. The number of amides is 2. The van der Waals surface area contributed by atoms with Crippen LogP contribution in [0.25, 0.3) is 16.3 Å². The van der Waals surface area contributed by atoms with E-state index in [2.05, 4.69) is 10.1 Å². The molecule has 0 spiro atoms. The lowest BCUT2D eigenvalue weighted by Gasteiger charge is -2.34. The topological polar surface area (TPSA) is 80.6 Å². The van der Waals surface area contributed by atoms with Gasteiger partial charge in [-0.15, -0.1) is 11.3 Å². The van der Waals surface area contributed by atoms with Crippen LogP contribution in [0.2, 0.25) is 0 Å². The number of nitrogens with zero attached hydrogens (tertiary/aromatic N) is 5. The molecule has 1 aromatic carbocycles. The first kappa shape index (κ1) is 19.3. The van der Waals surface area contributed by atoms with Crippen molar-refractivity contribution < 1.29 is 14.3 Å². The van der Waals surface area contributed by atoms with Gasteiger partial charge >= 0.3 is 0 Å². The summed E-state index contributed by atoms with van der Waals surface area (Å²) in [5, 5.41) is 6.92. The van der Waals surface area contributed by atoms with Crippen LogP contribution in [-0.2, 0) is 9.53 Å². The van der Waals surface area contributed by atoms with E-state index in [1.54, 1.807) is 26.1 Å². The van der Waals surface area contributed by atoms with Crippen LogP contribution in [0.3, 0.4) is 0 Å². The van der Waals surface area contributed by atoms with Crippen molar-refractivity contribution in [1.82, 2.24) is 24.6 Å². The molecule has 8 nitrogen and oxygen atoms in total. The Kier molecular flexibility index (Phi) is 5.68. The molecule has 1 aliphatic rings. The average Bonchev–Trinajstić information content (AvgIpc) is 3.44. The molecule has 0 N–H and O–H groups in total. The molecule has 0 radical (unpaired) electrons. The molecule has 4 rings (SSSR count). The maximum absolute atomic E-state index is 12.8. The Morgan fingerprint density at radius 3 is 2.55 bits per heavy atom. The van der Waals surface area contributed by atoms with Gasteiger partial charge in [-0.05, 0) is 12.1 Å². The van der Waals surface area contributed by atoms with Crippen molar-refractivity contribution in [3.05, 3.63) is 53.8 Å². The highest BCUT2D eigenvalue weighted by atomic mass is 32.1. The lowest BCUT2D eigenvalue weighted by molar-refractivity contribution is -0.136. The molecular weight excluding hydrogens is 390 g/mol. The van der Waals surface area contributed by atoms with Crippen molar-refractivity contribution >= 4 is 23.2 Å². The van der Waals surface area contributed by atoms with E-state index < -0.39 is 0 Å². The van der Waals surface area contributed by atoms with Crippen LogP contribution in [-0.4, -0.2) is 76.3 Å². The molecule has 29 heavy (non-hydrogen) atoms. The summed E-state index contributed by atoms with van der Waals surface area (Å²) in [6, 6.07) is 9.83. The normalized spacial score (nSPS) is 14.2. The second-order valence-corrected chi connectivity index (χ2v) is 7.51. The minimum atomic E-state index is -0.109. The van der Waals surface area contributed by atoms with E-state index in [4.69, 9.17) is 4.74 Å². The Morgan fingerprint density at radius 2 is 1.83 bits per heavy atom. The first-order valence-electron chi connectivity index (χ1n) is 9.27. The fraction of sp³-hybridized carbons (Fsp3) is 0.300. The van der Waals surface area contributed by atoms with E-state index >= 15 is 0 Å². The third kappa shape index (κ3) is 4.20. The fourth-order valence-electron chi connectivity index (χ4n) is 3.20. The molecule has 0 unspecified atom stereocenters. The van der Waals surface area contributed by atoms with Crippen LogP contribution in [0.5, 0.6) is 0 Å². The number of aromatic nitrogens is 3. The third-order valence-electron chi connectivity index (χ3n) is 4.76. The average molecular weight is 411 g/mol. The summed E-state index contributed by atoms with van der Waals surface area (Å²) in [6.07, 6.45) is 3.66. The van der Waals surface area contributed by atoms with Crippen molar-refractivity contribution in [3.63, 3.8) is 0 Å². The highest BCUT2D eigenvalue weighted by Gasteiger charge is 2.26. The van der Waals surface area contributed by atoms with Gasteiger partial charge in [-0.25, -0.2) is 9.67 Å². The van der Waals surface area contributed by atoms with Gasteiger partial charge in [0.2, 0.25) is 5.91 Å². The number of para-hydroxylation sites is 1. The molecule has 0 atom stereocenters. The number of hydrogen-bond donors (Lipinski definition) is 0. The molecular formula is C20H21N5O3S. The number of methoxy groups -OCH3 is 1. The Bertz CT molecular complexity index is 992. The van der Waals surface area contributed by atoms with Gasteiger partial charge in [-0.1, -0.05) is 18.2 Å². The number of rotatable bonds is 5. The van der Waals surface area contributed by atoms with Gasteiger partial charge in [0, 0.05) is 50.4 Å². The molecule has 1 saturated heterocycles. The first-order valence-corrected chi connectivity index (χ1v) is 10.2. The Balaban J connectivity index is 1.41. The number of piperazine rings is 1. The Morgan fingerprint density at radius 1 is 1.10 bits per heavy atom. The summed E-state index contributed by atoms with van der Waals surface area (Å²) in [7, 11) is 1.50. The number of benzene rings is 1. The lowest BCUT2D eigenvalue weighted by Crippen LogP contribution is -2.51. The van der Waals surface area contributed by atoms with Gasteiger partial charge in [0.25, 0.3) is 5.91 Å². The summed E-state index contributed by atoms with van der Waals surface area (Å²) in [5.74, 6) is -0.159. The number of thiazole rings is 1. The fourth-order valence-corrected chi connectivity index (χ4v) is 3.96. The summed E-state index contributed by atoms with van der Waals surface area (Å²) in [6.45, 7) is 2.07. The van der Waals surface area contributed by atoms with Crippen LogP contribution in [0.15, 0.2) is 48.1 Å². The molecule has 150 valence electrons. The predicted octanol–water partition coefficient (Wildman–Crippen LogP) is 1.93. The zero-order valence-electron chi connectivity index (χ0n) is 16.0. The Hall–Kier alpha value is -3.04. The van der Waals surface area contributed by atoms with Crippen molar-refractivity contribution in [2.75, 3.05) is 39.9 Å². The number of hydrogen-bond acceptors (Lipinski definition) is 6. The lowest BCUT2D eigenvalue weighted by atomic mass is 10.3. The molecule has 0 saturated carbocycles. The first-order chi connectivity index (χ1) is 14.2. The summed E-state index contributed by atoms with van der Waals surface area (Å²) in [5.41, 5.74) is 2.26. The highest BCUT2D eigenvalue weighted by Crippen LogP contribution is 2.25. The van der Waals surface area contributed by atoms with E-state index in [9.17, 15) is 9.59 Å². The molecule has 2 aromatic heterocycles. The van der Waals surface area contributed by atoms with E-state index in [1.807, 2.05) is 36.5 Å². The predicted molar refractivity (Wildman–Crippen MR) is 109 cm³/mol. The largest absolute Gasteiger partial charge is 0.375 e. The zero-order valence-corrected chi connectivity index (χ0v) is 16.8. The SMILES string of the molecule is COCC(=O)N1CCN(C(=O)c2csc(-c3cnn(-c4ccccc4)c3)n2)CC1. The maximum Gasteiger partial charge on any atom is 0.273 e. The quantitative estimate of drug-likeness (QED) is 0.641. The van der Waals surface area contributed by atoms with E-state index in [0.29, 0.717) is 31.9 Å². The van der Waals surface area contributed by atoms with E-state index in [0.717, 1.165) is 16.3 Å². The molecule has 1 aliphatic heterocycles. The highest BCUT2D eigenvalue weighted by molar-refractivity contribution is 7.13. The van der Waals surface area contributed by atoms with Crippen molar-refractivity contribution in [3.8, 4) is 16.3 Å². The van der Waals surface area contributed by atoms with Gasteiger partial charge < -0.3 is 14.5 Å². The molecule has 3 aromatic rings. The van der Waals surface area contributed by atoms with Crippen molar-refractivity contribution in [2.45, 2.75) is 0 Å². The van der Waals surface area contributed by atoms with Crippen LogP contribution >= 0.6 is 11.3 Å². The maximum atomic E-state index is 12.8. The van der Waals surface area contributed by atoms with Crippen LogP contribution in [0.4, 0.5) is 0 Å². The monoisotopic (exact) mass is 411 g/mol. The molecule has 0 bridgehead atoms. The summed E-state index contributed by atoms with van der Waals surface area (Å²) in [4.78, 5) is 32.7. The van der Waals surface area contributed by atoms with Crippen molar-refractivity contribution in [1.29, 1.82) is 0 Å². The van der Waals surface area contributed by atoms with Crippen LogP contribution in [0.1, 0.15) is 10.5 Å². The van der Waals surface area contributed by atoms with Gasteiger partial charge in [-0.2, -0.15) is 5.10 Å². The second kappa shape index (κ2) is 8.54. The molecule has 1 fully saturated rings. The summed E-state index contributed by atoms with van der Waals surface area (Å²) < 4.78 is 6.67. The molecule has 0 aliphatic carbocycles. The number of carbonyl (C=O) groups excluding carboxylic acids is 2. The van der Waals surface area contributed by atoms with E-state index in [-0.39, 0.29) is 18.4 Å². The van der Waals surface area contributed by atoms with Crippen LogP contribution < -0.4 is 0 Å². The van der Waals surface area contributed by atoms with Gasteiger partial charge in [0.05, 0.1) is 11.9 Å². The van der Waals surface area contributed by atoms with Gasteiger partial charge in [0.1, 0.15) is 17.3 Å². The van der Waals surface area contributed by atoms with E-state index in [1.165, 1.54) is 18.4 Å². The number of ether oxygens (including phenoxy) is 1. The molecule has 3 heterocycles. The molecule has 9 heteroatoms. The van der Waals surface area contributed by atoms with Gasteiger partial charge in [-0.3, -0.25) is 9.59 Å². The Labute approximate surface area is 172 Å². The smallest absolute Gasteiger partial charge is 0.273 e. The minimum absolute atomic E-state index is 0.0500.